The van der Waals surface area contributed by atoms with Gasteiger partial charge in [-0.15, -0.1) is 0 Å². The third kappa shape index (κ3) is 4.57. The molecule has 0 spiro atoms. The summed E-state index contributed by atoms with van der Waals surface area (Å²) < 4.78 is 0. The van der Waals surface area contributed by atoms with E-state index in [4.69, 9.17) is 10.7 Å². The molecule has 0 saturated carbocycles. The number of nitrogen functional groups attached to an aromatic ring is 1. The molecular weight excluding hydrogens is 366 g/mol. The molecule has 2 N–H and O–H groups in total. The summed E-state index contributed by atoms with van der Waals surface area (Å²) in [6, 6.07) is 25.5. The molecule has 0 aliphatic rings. The van der Waals surface area contributed by atoms with Gasteiger partial charge in [-0.05, 0) is 37.5 Å². The maximum atomic E-state index is 6.50. The summed E-state index contributed by atoms with van der Waals surface area (Å²) in [6.45, 7) is 6.28. The monoisotopic (exact) mass is 393 g/mol. The van der Waals surface area contributed by atoms with Gasteiger partial charge in [0.2, 0.25) is 0 Å². The summed E-state index contributed by atoms with van der Waals surface area (Å²) in [6.07, 6.45) is 1.39. The Morgan fingerprint density at radius 3 is 1.60 bits per heavy atom. The van der Waals surface area contributed by atoms with Crippen LogP contribution in [-0.4, -0.2) is 9.97 Å². The molecule has 0 aliphatic heterocycles. The van der Waals surface area contributed by atoms with Crippen molar-refractivity contribution in [1.82, 2.24) is 9.97 Å². The van der Waals surface area contributed by atoms with Crippen LogP contribution >= 0.6 is 0 Å². The molecule has 0 fully saturated rings. The van der Waals surface area contributed by atoms with Crippen molar-refractivity contribution in [3.63, 3.8) is 0 Å². The minimum Gasteiger partial charge on any atom is -0.383 e. The van der Waals surface area contributed by atoms with Gasteiger partial charge in [0.25, 0.3) is 0 Å². The number of anilines is 1. The number of aromatic nitrogens is 2. The van der Waals surface area contributed by atoms with Gasteiger partial charge in [-0.2, -0.15) is 0 Å². The SMILES string of the molecule is Cc1ccc(Cc2nc(N)c(-c3ccc(C)cc3)c(Cc3ccc(C)cc3)n2)cc1. The third-order valence-corrected chi connectivity index (χ3v) is 5.37. The minimum absolute atomic E-state index is 0.540. The van der Waals surface area contributed by atoms with Crippen molar-refractivity contribution in [2.45, 2.75) is 33.6 Å². The zero-order valence-electron chi connectivity index (χ0n) is 17.8. The molecule has 4 rings (SSSR count). The molecule has 150 valence electrons. The van der Waals surface area contributed by atoms with Crippen LogP contribution < -0.4 is 5.73 Å². The average molecular weight is 394 g/mol. The van der Waals surface area contributed by atoms with Crippen LogP contribution in [0.2, 0.25) is 0 Å². The second-order valence-corrected chi connectivity index (χ2v) is 8.04. The molecule has 0 saturated heterocycles. The first kappa shape index (κ1) is 19.8. The van der Waals surface area contributed by atoms with Crippen LogP contribution in [0.5, 0.6) is 0 Å². The molecule has 0 atom stereocenters. The van der Waals surface area contributed by atoms with Gasteiger partial charge in [-0.25, -0.2) is 9.97 Å². The van der Waals surface area contributed by atoms with Crippen molar-refractivity contribution in [2.24, 2.45) is 0 Å². The minimum atomic E-state index is 0.540. The predicted octanol–water partition coefficient (Wildman–Crippen LogP) is 5.83. The standard InChI is InChI=1S/C27H27N3/c1-18-4-10-21(11-5-18)16-24-26(23-14-8-20(3)9-15-23)27(28)30-25(29-24)17-22-12-6-19(2)7-13-22/h4-15H,16-17H2,1-3H3,(H2,28,29,30). The van der Waals surface area contributed by atoms with Crippen LogP contribution in [0.15, 0.2) is 72.8 Å². The summed E-state index contributed by atoms with van der Waals surface area (Å²) >= 11 is 0. The summed E-state index contributed by atoms with van der Waals surface area (Å²) in [5.74, 6) is 1.30. The smallest absolute Gasteiger partial charge is 0.135 e. The lowest BCUT2D eigenvalue weighted by Gasteiger charge is -2.14. The van der Waals surface area contributed by atoms with Gasteiger partial charge in [0, 0.05) is 18.4 Å². The van der Waals surface area contributed by atoms with Crippen molar-refractivity contribution >= 4 is 5.82 Å². The van der Waals surface area contributed by atoms with Crippen LogP contribution in [0.1, 0.15) is 39.3 Å². The van der Waals surface area contributed by atoms with Gasteiger partial charge in [0.05, 0.1) is 5.69 Å². The fraction of sp³-hybridized carbons (Fsp3) is 0.185. The quantitative estimate of drug-likeness (QED) is 0.464. The summed E-state index contributed by atoms with van der Waals surface area (Å²) in [5, 5.41) is 0. The highest BCUT2D eigenvalue weighted by Crippen LogP contribution is 2.30. The van der Waals surface area contributed by atoms with Crippen molar-refractivity contribution in [3.8, 4) is 11.1 Å². The molecule has 0 aliphatic carbocycles. The molecule has 0 radical (unpaired) electrons. The maximum absolute atomic E-state index is 6.50. The first-order chi connectivity index (χ1) is 14.5. The van der Waals surface area contributed by atoms with Crippen LogP contribution in [0.4, 0.5) is 5.82 Å². The van der Waals surface area contributed by atoms with Gasteiger partial charge >= 0.3 is 0 Å². The molecule has 4 aromatic rings. The Hall–Kier alpha value is -3.46. The van der Waals surface area contributed by atoms with E-state index >= 15 is 0 Å². The van der Waals surface area contributed by atoms with Gasteiger partial charge < -0.3 is 5.73 Å². The number of rotatable bonds is 5. The Kier molecular flexibility index (Phi) is 5.62. The molecule has 0 unspecified atom stereocenters. The van der Waals surface area contributed by atoms with Gasteiger partial charge in [0.1, 0.15) is 11.6 Å². The Labute approximate surface area is 178 Å². The van der Waals surface area contributed by atoms with Crippen molar-refractivity contribution in [2.75, 3.05) is 5.73 Å². The summed E-state index contributed by atoms with van der Waals surface area (Å²) in [4.78, 5) is 9.65. The van der Waals surface area contributed by atoms with E-state index in [0.717, 1.165) is 29.1 Å². The highest BCUT2D eigenvalue weighted by molar-refractivity contribution is 5.76. The number of aryl methyl sites for hydroxylation is 3. The van der Waals surface area contributed by atoms with E-state index in [1.165, 1.54) is 27.8 Å². The van der Waals surface area contributed by atoms with Gasteiger partial charge in [-0.3, -0.25) is 0 Å². The van der Waals surface area contributed by atoms with Gasteiger partial charge in [-0.1, -0.05) is 89.5 Å². The molecule has 0 bridgehead atoms. The lowest BCUT2D eigenvalue weighted by molar-refractivity contribution is 0.925. The fourth-order valence-corrected chi connectivity index (χ4v) is 3.61. The highest BCUT2D eigenvalue weighted by atomic mass is 15.0. The third-order valence-electron chi connectivity index (χ3n) is 5.37. The van der Waals surface area contributed by atoms with Crippen LogP contribution in [0, 0.1) is 20.8 Å². The molecule has 3 aromatic carbocycles. The van der Waals surface area contributed by atoms with E-state index in [2.05, 4.69) is 98.6 Å². The number of nitrogens with zero attached hydrogens (tertiary/aromatic N) is 2. The molecule has 3 nitrogen and oxygen atoms in total. The molecule has 1 aromatic heterocycles. The van der Waals surface area contributed by atoms with Crippen LogP contribution in [0.3, 0.4) is 0 Å². The van der Waals surface area contributed by atoms with E-state index in [1.807, 2.05) is 0 Å². The molecule has 30 heavy (non-hydrogen) atoms. The second-order valence-electron chi connectivity index (χ2n) is 8.04. The number of benzene rings is 3. The Balaban J connectivity index is 1.76. The van der Waals surface area contributed by atoms with E-state index in [9.17, 15) is 0 Å². The molecule has 3 heteroatoms. The molecular formula is C27H27N3. The molecule has 1 heterocycles. The maximum Gasteiger partial charge on any atom is 0.135 e. The highest BCUT2D eigenvalue weighted by Gasteiger charge is 2.15. The van der Waals surface area contributed by atoms with Crippen molar-refractivity contribution < 1.29 is 0 Å². The van der Waals surface area contributed by atoms with E-state index in [1.54, 1.807) is 0 Å². The van der Waals surface area contributed by atoms with Crippen molar-refractivity contribution in [1.29, 1.82) is 0 Å². The summed E-state index contributed by atoms with van der Waals surface area (Å²) in [7, 11) is 0. The number of hydrogen-bond acceptors (Lipinski definition) is 3. The zero-order valence-corrected chi connectivity index (χ0v) is 17.8. The fourth-order valence-electron chi connectivity index (χ4n) is 3.61. The first-order valence-corrected chi connectivity index (χ1v) is 10.3. The van der Waals surface area contributed by atoms with Crippen LogP contribution in [-0.2, 0) is 12.8 Å². The van der Waals surface area contributed by atoms with Crippen molar-refractivity contribution in [3.05, 3.63) is 112 Å². The van der Waals surface area contributed by atoms with Crippen LogP contribution in [0.25, 0.3) is 11.1 Å². The lowest BCUT2D eigenvalue weighted by Crippen LogP contribution is -2.08. The number of nitrogens with two attached hydrogens (primary N) is 1. The Bertz CT molecular complexity index is 1140. The van der Waals surface area contributed by atoms with Gasteiger partial charge in [0.15, 0.2) is 0 Å². The first-order valence-electron chi connectivity index (χ1n) is 10.3. The second kappa shape index (κ2) is 8.50. The molecule has 0 amide bonds. The Morgan fingerprint density at radius 1 is 0.600 bits per heavy atom. The van der Waals surface area contributed by atoms with E-state index in [0.29, 0.717) is 12.2 Å². The zero-order chi connectivity index (χ0) is 21.1. The normalized spacial score (nSPS) is 10.9. The number of hydrogen-bond donors (Lipinski definition) is 1. The summed E-state index contributed by atoms with van der Waals surface area (Å²) in [5.41, 5.74) is 15.6. The predicted molar refractivity (Wildman–Crippen MR) is 125 cm³/mol. The van der Waals surface area contributed by atoms with E-state index in [-0.39, 0.29) is 0 Å². The lowest BCUT2D eigenvalue weighted by atomic mass is 9.98. The average Bonchev–Trinajstić information content (AvgIpc) is 2.72. The topological polar surface area (TPSA) is 51.8 Å². The Morgan fingerprint density at radius 2 is 1.07 bits per heavy atom. The van der Waals surface area contributed by atoms with E-state index < -0.39 is 0 Å². The largest absolute Gasteiger partial charge is 0.383 e.